The molecule has 0 atom stereocenters. The smallest absolute Gasteiger partial charge is 0.160 e. The Balaban J connectivity index is 1.11. The van der Waals surface area contributed by atoms with Crippen LogP contribution in [0.15, 0.2) is 186 Å². The Morgan fingerprint density at radius 2 is 0.922 bits per heavy atom. The van der Waals surface area contributed by atoms with E-state index < -0.39 is 0 Å². The molecule has 0 bridgehead atoms. The first-order valence-corrected chi connectivity index (χ1v) is 17.2. The Morgan fingerprint density at radius 1 is 0.333 bits per heavy atom. The summed E-state index contributed by atoms with van der Waals surface area (Å²) in [4.78, 5) is 10.6. The minimum Gasteiger partial charge on any atom is -0.456 e. The van der Waals surface area contributed by atoms with Gasteiger partial charge in [-0.25, -0.2) is 9.97 Å². The van der Waals surface area contributed by atoms with Gasteiger partial charge >= 0.3 is 0 Å². The molecule has 10 aromatic rings. The number of aromatic nitrogens is 2. The van der Waals surface area contributed by atoms with Crippen molar-refractivity contribution in [2.75, 3.05) is 0 Å². The van der Waals surface area contributed by atoms with Crippen molar-refractivity contribution < 1.29 is 4.42 Å². The van der Waals surface area contributed by atoms with Gasteiger partial charge in [0.15, 0.2) is 5.82 Å². The van der Waals surface area contributed by atoms with E-state index in [2.05, 4.69) is 158 Å². The average molecular weight is 651 g/mol. The molecule has 0 fully saturated rings. The van der Waals surface area contributed by atoms with Gasteiger partial charge in [0, 0.05) is 21.9 Å². The molecule has 2 aromatic heterocycles. The molecule has 0 saturated carbocycles. The van der Waals surface area contributed by atoms with Gasteiger partial charge in [-0.2, -0.15) is 0 Å². The molecule has 2 heterocycles. The monoisotopic (exact) mass is 650 g/mol. The van der Waals surface area contributed by atoms with Crippen molar-refractivity contribution >= 4 is 43.6 Å². The molecule has 0 N–H and O–H groups in total. The number of furan rings is 1. The van der Waals surface area contributed by atoms with Crippen LogP contribution in [0.1, 0.15) is 0 Å². The fourth-order valence-corrected chi connectivity index (χ4v) is 7.29. The molecule has 0 aliphatic heterocycles. The summed E-state index contributed by atoms with van der Waals surface area (Å²) in [5.74, 6) is 0.679. The molecule has 0 aliphatic carbocycles. The number of hydrogen-bond acceptors (Lipinski definition) is 3. The van der Waals surface area contributed by atoms with E-state index in [0.29, 0.717) is 5.82 Å². The standard InChI is InChI=1S/C48H30N2O/c1-2-10-31(11-3-1)33-20-22-34(23-21-33)36-14-8-15-37(28-36)38-16-9-17-40(30-38)48-49-46(39-25-24-32-12-4-5-13-35(32)29-39)42-26-27-44-45(47(42)50-48)41-18-6-7-19-43(41)51-44/h1-30H. The molecule has 51 heavy (non-hydrogen) atoms. The molecular weight excluding hydrogens is 621 g/mol. The summed E-state index contributed by atoms with van der Waals surface area (Å²) >= 11 is 0. The van der Waals surface area contributed by atoms with Crippen LogP contribution in [0.2, 0.25) is 0 Å². The van der Waals surface area contributed by atoms with E-state index in [1.165, 1.54) is 33.0 Å². The Labute approximate surface area is 295 Å². The highest BCUT2D eigenvalue weighted by Gasteiger charge is 2.18. The van der Waals surface area contributed by atoms with Crippen molar-refractivity contribution in [2.24, 2.45) is 0 Å². The zero-order valence-corrected chi connectivity index (χ0v) is 27.6. The zero-order chi connectivity index (χ0) is 33.7. The fourth-order valence-electron chi connectivity index (χ4n) is 7.29. The van der Waals surface area contributed by atoms with Gasteiger partial charge in [-0.1, -0.05) is 146 Å². The van der Waals surface area contributed by atoms with Gasteiger partial charge < -0.3 is 4.42 Å². The molecule has 0 aliphatic rings. The van der Waals surface area contributed by atoms with Crippen molar-refractivity contribution in [3.8, 4) is 56.0 Å². The third-order valence-corrected chi connectivity index (χ3v) is 9.87. The lowest BCUT2D eigenvalue weighted by molar-refractivity contribution is 0.669. The third kappa shape index (κ3) is 5.15. The summed E-state index contributed by atoms with van der Waals surface area (Å²) in [6, 6.07) is 64.0. The van der Waals surface area contributed by atoms with E-state index in [4.69, 9.17) is 14.4 Å². The SMILES string of the molecule is c1ccc(-c2ccc(-c3cccc(-c4cccc(-c5nc(-c6ccc7ccccc7c6)c6ccc7oc8ccccc8c7c6n5)c4)c3)cc2)cc1. The van der Waals surface area contributed by atoms with E-state index in [-0.39, 0.29) is 0 Å². The van der Waals surface area contributed by atoms with Gasteiger partial charge in [-0.3, -0.25) is 0 Å². The normalized spacial score (nSPS) is 11.5. The van der Waals surface area contributed by atoms with Crippen molar-refractivity contribution in [1.29, 1.82) is 0 Å². The van der Waals surface area contributed by atoms with Gasteiger partial charge in [0.2, 0.25) is 0 Å². The third-order valence-electron chi connectivity index (χ3n) is 9.87. The topological polar surface area (TPSA) is 38.9 Å². The summed E-state index contributed by atoms with van der Waals surface area (Å²) in [5.41, 5.74) is 12.5. The molecule has 8 aromatic carbocycles. The van der Waals surface area contributed by atoms with Gasteiger partial charge in [0.05, 0.1) is 16.6 Å². The summed E-state index contributed by atoms with van der Waals surface area (Å²) in [6.45, 7) is 0. The van der Waals surface area contributed by atoms with Crippen molar-refractivity contribution in [1.82, 2.24) is 9.97 Å². The Bertz CT molecular complexity index is 2910. The number of para-hydroxylation sites is 1. The van der Waals surface area contributed by atoms with E-state index in [9.17, 15) is 0 Å². The molecule has 0 spiro atoms. The largest absolute Gasteiger partial charge is 0.456 e. The number of rotatable bonds is 5. The minimum atomic E-state index is 0.679. The van der Waals surface area contributed by atoms with Crippen molar-refractivity contribution in [3.63, 3.8) is 0 Å². The van der Waals surface area contributed by atoms with E-state index in [1.54, 1.807) is 0 Å². The first-order valence-electron chi connectivity index (χ1n) is 17.2. The predicted octanol–water partition coefficient (Wildman–Crippen LogP) is 13.0. The molecule has 3 nitrogen and oxygen atoms in total. The maximum atomic E-state index is 6.30. The second-order valence-corrected chi connectivity index (χ2v) is 13.0. The van der Waals surface area contributed by atoms with Crippen LogP contribution in [0, 0.1) is 0 Å². The Hall–Kier alpha value is -6.84. The van der Waals surface area contributed by atoms with Crippen LogP contribution in [0.4, 0.5) is 0 Å². The average Bonchev–Trinajstić information content (AvgIpc) is 3.60. The zero-order valence-electron chi connectivity index (χ0n) is 27.6. The van der Waals surface area contributed by atoms with Crippen LogP contribution in [-0.2, 0) is 0 Å². The highest BCUT2D eigenvalue weighted by Crippen LogP contribution is 2.39. The number of hydrogen-bond donors (Lipinski definition) is 0. The first-order chi connectivity index (χ1) is 25.2. The molecule has 0 radical (unpaired) electrons. The van der Waals surface area contributed by atoms with Crippen LogP contribution in [0.5, 0.6) is 0 Å². The highest BCUT2D eigenvalue weighted by atomic mass is 16.3. The molecule has 0 saturated heterocycles. The van der Waals surface area contributed by atoms with Crippen LogP contribution in [0.3, 0.4) is 0 Å². The van der Waals surface area contributed by atoms with Gasteiger partial charge in [0.1, 0.15) is 11.2 Å². The van der Waals surface area contributed by atoms with Gasteiger partial charge in [-0.15, -0.1) is 0 Å². The van der Waals surface area contributed by atoms with Crippen LogP contribution in [0.25, 0.3) is 99.6 Å². The number of benzene rings is 8. The summed E-state index contributed by atoms with van der Waals surface area (Å²) < 4.78 is 6.30. The van der Waals surface area contributed by atoms with Gasteiger partial charge in [0.25, 0.3) is 0 Å². The second-order valence-electron chi connectivity index (χ2n) is 13.0. The molecule has 3 heteroatoms. The van der Waals surface area contributed by atoms with Gasteiger partial charge in [-0.05, 0) is 80.6 Å². The lowest BCUT2D eigenvalue weighted by Crippen LogP contribution is -1.96. The number of fused-ring (bicyclic) bond motifs is 6. The number of nitrogens with zero attached hydrogens (tertiary/aromatic N) is 2. The second kappa shape index (κ2) is 11.9. The molecular formula is C48H30N2O. The quantitative estimate of drug-likeness (QED) is 0.186. The molecule has 0 unspecified atom stereocenters. The van der Waals surface area contributed by atoms with Crippen molar-refractivity contribution in [3.05, 3.63) is 182 Å². The Kier molecular flexibility index (Phi) is 6.81. The molecule has 0 amide bonds. The van der Waals surface area contributed by atoms with E-state index in [0.717, 1.165) is 60.8 Å². The predicted molar refractivity (Wildman–Crippen MR) is 212 cm³/mol. The highest BCUT2D eigenvalue weighted by molar-refractivity contribution is 6.19. The first kappa shape index (κ1) is 29.1. The van der Waals surface area contributed by atoms with Crippen LogP contribution in [-0.4, -0.2) is 9.97 Å². The molecule has 10 rings (SSSR count). The summed E-state index contributed by atoms with van der Waals surface area (Å²) in [5, 5.41) is 5.43. The summed E-state index contributed by atoms with van der Waals surface area (Å²) in [6.07, 6.45) is 0. The fraction of sp³-hybridized carbons (Fsp3) is 0. The lowest BCUT2D eigenvalue weighted by atomic mass is 9.96. The maximum absolute atomic E-state index is 6.30. The Morgan fingerprint density at radius 3 is 1.73 bits per heavy atom. The van der Waals surface area contributed by atoms with Crippen LogP contribution < -0.4 is 0 Å². The summed E-state index contributed by atoms with van der Waals surface area (Å²) in [7, 11) is 0. The van der Waals surface area contributed by atoms with Crippen LogP contribution >= 0.6 is 0 Å². The maximum Gasteiger partial charge on any atom is 0.160 e. The van der Waals surface area contributed by atoms with E-state index in [1.807, 2.05) is 24.3 Å². The molecule has 238 valence electrons. The van der Waals surface area contributed by atoms with Crippen molar-refractivity contribution in [2.45, 2.75) is 0 Å². The minimum absolute atomic E-state index is 0.679. The lowest BCUT2D eigenvalue weighted by Gasteiger charge is -2.12. The van der Waals surface area contributed by atoms with E-state index >= 15 is 0 Å².